The number of fused-ring (bicyclic) bond motifs is 1. The summed E-state index contributed by atoms with van der Waals surface area (Å²) in [5.41, 5.74) is 1.70. The smallest absolute Gasteiger partial charge is 1.00 e. The van der Waals surface area contributed by atoms with Crippen LogP contribution in [0.3, 0.4) is 0 Å². The van der Waals surface area contributed by atoms with E-state index in [0.29, 0.717) is 23.1 Å². The van der Waals surface area contributed by atoms with Crippen LogP contribution in [0.25, 0.3) is 5.57 Å². The van der Waals surface area contributed by atoms with Crippen LogP contribution >= 0.6 is 0 Å². The summed E-state index contributed by atoms with van der Waals surface area (Å²) >= 11 is 0. The summed E-state index contributed by atoms with van der Waals surface area (Å²) in [5, 5.41) is 19.3. The van der Waals surface area contributed by atoms with Crippen molar-refractivity contribution < 1.29 is 55.6 Å². The number of carbonyl (C=O) groups is 3. The van der Waals surface area contributed by atoms with Gasteiger partial charge < -0.3 is 21.4 Å². The number of carboxylic acid groups (broad SMARTS) is 1. The summed E-state index contributed by atoms with van der Waals surface area (Å²) in [6.45, 7) is 1.54. The van der Waals surface area contributed by atoms with E-state index in [1.807, 2.05) is 0 Å². The van der Waals surface area contributed by atoms with E-state index in [-0.39, 0.29) is 54.5 Å². The van der Waals surface area contributed by atoms with Gasteiger partial charge in [-0.05, 0) is 36.6 Å². The summed E-state index contributed by atoms with van der Waals surface area (Å²) in [4.78, 5) is 38.6. The molecule has 1 aromatic rings. The number of aliphatic hydroxyl groups excluding tert-OH is 1. The number of β-lactam (4-membered cyclic amide) rings is 1. The van der Waals surface area contributed by atoms with Crippen LogP contribution in [0.1, 0.15) is 30.7 Å². The van der Waals surface area contributed by atoms with E-state index in [9.17, 15) is 24.6 Å². The minimum absolute atomic E-state index is 0. The van der Waals surface area contributed by atoms with Gasteiger partial charge in [0.15, 0.2) is 0 Å². The molecule has 0 spiro atoms. The minimum atomic E-state index is -1.16. The predicted octanol–water partition coefficient (Wildman–Crippen LogP) is -2.09. The van der Waals surface area contributed by atoms with Gasteiger partial charge in [0.25, 0.3) is 5.91 Å². The molecular formula is C18H21N2NaO5. The fourth-order valence-corrected chi connectivity index (χ4v) is 3.60. The van der Waals surface area contributed by atoms with Crippen molar-refractivity contribution in [1.82, 2.24) is 9.80 Å². The van der Waals surface area contributed by atoms with Crippen molar-refractivity contribution in [3.8, 4) is 0 Å². The van der Waals surface area contributed by atoms with E-state index in [1.54, 1.807) is 45.3 Å². The Balaban J connectivity index is 0.00000182. The summed E-state index contributed by atoms with van der Waals surface area (Å²) in [7, 11) is 3.32. The Morgan fingerprint density at radius 3 is 2.31 bits per heavy atom. The van der Waals surface area contributed by atoms with E-state index in [4.69, 9.17) is 0 Å². The second-order valence-electron chi connectivity index (χ2n) is 6.66. The molecule has 2 aliphatic heterocycles. The molecule has 3 atom stereocenters. The SMILES string of the molecule is C[C@@H](O)[C@H]1C(=O)N2C(C(=O)O)=C(c3ccc(C(=O)N(C)C)cc3)C[C@H]12.[H-].[Na+]. The number of amides is 2. The predicted molar refractivity (Wildman–Crippen MR) is 90.5 cm³/mol. The maximum absolute atomic E-state index is 12.2. The number of hydrogen-bond donors (Lipinski definition) is 2. The molecule has 1 fully saturated rings. The summed E-state index contributed by atoms with van der Waals surface area (Å²) in [6, 6.07) is 6.36. The molecule has 2 N–H and O–H groups in total. The van der Waals surface area contributed by atoms with Gasteiger partial charge in [0, 0.05) is 19.7 Å². The van der Waals surface area contributed by atoms with Crippen LogP contribution < -0.4 is 29.6 Å². The first kappa shape index (κ1) is 20.6. The fourth-order valence-electron chi connectivity index (χ4n) is 3.60. The van der Waals surface area contributed by atoms with Gasteiger partial charge in [0.05, 0.1) is 18.1 Å². The van der Waals surface area contributed by atoms with Crippen LogP contribution in [0.15, 0.2) is 30.0 Å². The van der Waals surface area contributed by atoms with Gasteiger partial charge in [0.2, 0.25) is 5.91 Å². The van der Waals surface area contributed by atoms with E-state index in [2.05, 4.69) is 0 Å². The van der Waals surface area contributed by atoms with Gasteiger partial charge in [-0.25, -0.2) is 4.79 Å². The molecule has 0 bridgehead atoms. The quantitative estimate of drug-likeness (QED) is 0.469. The van der Waals surface area contributed by atoms with Gasteiger partial charge in [-0.1, -0.05) is 12.1 Å². The Kier molecular flexibility index (Phi) is 5.97. The fraction of sp³-hybridized carbons (Fsp3) is 0.389. The first-order valence-corrected chi connectivity index (χ1v) is 8.03. The van der Waals surface area contributed by atoms with Crippen LogP contribution in [0.5, 0.6) is 0 Å². The molecular weight excluding hydrogens is 347 g/mol. The summed E-state index contributed by atoms with van der Waals surface area (Å²) < 4.78 is 0. The maximum Gasteiger partial charge on any atom is 1.00 e. The van der Waals surface area contributed by atoms with E-state index in [1.165, 1.54) is 9.80 Å². The first-order valence-electron chi connectivity index (χ1n) is 8.03. The second-order valence-corrected chi connectivity index (χ2v) is 6.66. The molecule has 2 amide bonds. The van der Waals surface area contributed by atoms with Gasteiger partial charge in [0.1, 0.15) is 5.70 Å². The number of aliphatic hydroxyl groups is 1. The van der Waals surface area contributed by atoms with Crippen molar-refractivity contribution in [2.75, 3.05) is 14.1 Å². The van der Waals surface area contributed by atoms with Gasteiger partial charge >= 0.3 is 35.5 Å². The zero-order valence-electron chi connectivity index (χ0n) is 16.3. The molecule has 1 saturated heterocycles. The molecule has 26 heavy (non-hydrogen) atoms. The molecule has 0 unspecified atom stereocenters. The zero-order chi connectivity index (χ0) is 18.5. The third-order valence-electron chi connectivity index (χ3n) is 4.82. The molecule has 3 rings (SSSR count). The van der Waals surface area contributed by atoms with Crippen LogP contribution in [-0.4, -0.2) is 64.0 Å². The van der Waals surface area contributed by atoms with Crippen molar-refractivity contribution in [1.29, 1.82) is 0 Å². The average molecular weight is 368 g/mol. The van der Waals surface area contributed by atoms with Gasteiger partial charge in [-0.15, -0.1) is 0 Å². The van der Waals surface area contributed by atoms with E-state index in [0.717, 1.165) is 0 Å². The molecule has 0 radical (unpaired) electrons. The monoisotopic (exact) mass is 368 g/mol. The van der Waals surface area contributed by atoms with Gasteiger partial charge in [-0.2, -0.15) is 0 Å². The third kappa shape index (κ3) is 3.20. The summed E-state index contributed by atoms with van der Waals surface area (Å²) in [6.07, 6.45) is -0.438. The van der Waals surface area contributed by atoms with E-state index >= 15 is 0 Å². The van der Waals surface area contributed by atoms with Crippen molar-refractivity contribution >= 4 is 23.4 Å². The molecule has 2 heterocycles. The Morgan fingerprint density at radius 2 is 1.85 bits per heavy atom. The Bertz CT molecular complexity index is 791. The molecule has 0 aliphatic carbocycles. The largest absolute Gasteiger partial charge is 1.00 e. The number of rotatable bonds is 4. The Hall–Kier alpha value is -1.67. The maximum atomic E-state index is 12.2. The van der Waals surface area contributed by atoms with Gasteiger partial charge in [-0.3, -0.25) is 9.59 Å². The Morgan fingerprint density at radius 1 is 1.27 bits per heavy atom. The number of benzene rings is 1. The number of hydrogen-bond acceptors (Lipinski definition) is 4. The standard InChI is InChI=1S/C18H20N2O5.Na.H/c1-9(21)14-13-8-12(15(18(24)25)20(13)17(14)23)10-4-6-11(7-5-10)16(22)19(2)3;;/h4-7,9,13-14,21H,8H2,1-3H3,(H,24,25);;/q;+1;-1/t9-,13-,14-;;/m1../s1. The van der Waals surface area contributed by atoms with Crippen molar-refractivity contribution in [3.05, 3.63) is 41.1 Å². The molecule has 2 aliphatic rings. The number of carboxylic acids is 1. The van der Waals surface area contributed by atoms with Crippen molar-refractivity contribution in [3.63, 3.8) is 0 Å². The normalized spacial score (nSPS) is 22.3. The molecule has 8 heteroatoms. The molecule has 7 nitrogen and oxygen atoms in total. The molecule has 0 saturated carbocycles. The van der Waals surface area contributed by atoms with Crippen LogP contribution in [0, 0.1) is 5.92 Å². The average Bonchev–Trinajstić information content (AvgIpc) is 2.89. The van der Waals surface area contributed by atoms with E-state index < -0.39 is 18.0 Å². The third-order valence-corrected chi connectivity index (χ3v) is 4.82. The second kappa shape index (κ2) is 7.52. The van der Waals surface area contributed by atoms with Crippen LogP contribution in [0.4, 0.5) is 0 Å². The van der Waals surface area contributed by atoms with Crippen LogP contribution in [0.2, 0.25) is 0 Å². The Labute approximate surface area is 175 Å². The number of nitrogens with zero attached hydrogens (tertiary/aromatic N) is 2. The first-order chi connectivity index (χ1) is 11.7. The summed E-state index contributed by atoms with van der Waals surface area (Å²) in [5.74, 6) is -2.23. The number of carbonyl (C=O) groups excluding carboxylic acids is 2. The molecule has 134 valence electrons. The van der Waals surface area contributed by atoms with Crippen LogP contribution in [-0.2, 0) is 9.59 Å². The topological polar surface area (TPSA) is 98.1 Å². The minimum Gasteiger partial charge on any atom is -1.00 e. The molecule has 0 aromatic heterocycles. The van der Waals surface area contributed by atoms with Crippen molar-refractivity contribution in [2.45, 2.75) is 25.5 Å². The van der Waals surface area contributed by atoms with Crippen molar-refractivity contribution in [2.24, 2.45) is 5.92 Å². The zero-order valence-corrected chi connectivity index (χ0v) is 17.3. The number of aliphatic carboxylic acids is 1. The molecule has 1 aromatic carbocycles.